The van der Waals surface area contributed by atoms with Gasteiger partial charge in [0.15, 0.2) is 0 Å². The van der Waals surface area contributed by atoms with Crippen molar-refractivity contribution in [1.29, 1.82) is 0 Å². The summed E-state index contributed by atoms with van der Waals surface area (Å²) in [6, 6.07) is 35.7. The summed E-state index contributed by atoms with van der Waals surface area (Å²) in [5, 5.41) is 3.40. The SMILES string of the molecule is Clc1ccc2c(c1)C1(c3cc4c(cc3S2)sc2ccc(Br)cc24)c2ccccc2-c2ccccc21. The molecule has 4 heteroatoms. The van der Waals surface area contributed by atoms with Crippen LogP contribution in [0.15, 0.2) is 111 Å². The standard InChI is InChI=1S/C31H16BrClS2/c32-17-9-11-27-21(13-17)22-15-26-30(16-29(22)34-27)35-28-12-10-18(33)14-25(28)31(26)23-7-3-1-5-19(23)20-6-2-4-8-24(20)31/h1-16H. The lowest BCUT2D eigenvalue weighted by Crippen LogP contribution is -2.32. The smallest absolute Gasteiger partial charge is 0.0736 e. The van der Waals surface area contributed by atoms with E-state index in [1.807, 2.05) is 29.2 Å². The Balaban J connectivity index is 1.59. The highest BCUT2D eigenvalue weighted by atomic mass is 79.9. The van der Waals surface area contributed by atoms with Crippen molar-refractivity contribution in [3.05, 3.63) is 129 Å². The molecule has 0 atom stereocenters. The van der Waals surface area contributed by atoms with Crippen molar-refractivity contribution in [2.24, 2.45) is 0 Å². The molecule has 0 saturated carbocycles. The fraction of sp³-hybridized carbons (Fsp3) is 0.0323. The fourth-order valence-electron chi connectivity index (χ4n) is 6.12. The third-order valence-electron chi connectivity index (χ3n) is 7.46. The van der Waals surface area contributed by atoms with Crippen molar-refractivity contribution in [2.75, 3.05) is 0 Å². The first-order valence-corrected chi connectivity index (χ1v) is 14.3. The topological polar surface area (TPSA) is 0 Å². The zero-order valence-corrected chi connectivity index (χ0v) is 22.3. The van der Waals surface area contributed by atoms with Crippen LogP contribution in [-0.4, -0.2) is 0 Å². The molecule has 5 aromatic carbocycles. The second-order valence-electron chi connectivity index (χ2n) is 9.17. The molecule has 0 unspecified atom stereocenters. The molecular weight excluding hydrogens is 552 g/mol. The molecule has 1 spiro atoms. The number of fused-ring (bicyclic) bond motifs is 12. The Kier molecular flexibility index (Phi) is 4.26. The van der Waals surface area contributed by atoms with E-state index in [0.717, 1.165) is 9.50 Å². The van der Waals surface area contributed by atoms with Gasteiger partial charge in [0.1, 0.15) is 0 Å². The first-order chi connectivity index (χ1) is 17.1. The number of thiophene rings is 1. The van der Waals surface area contributed by atoms with E-state index < -0.39 is 5.41 Å². The predicted octanol–water partition coefficient (Wildman–Crippen LogP) is 10.3. The first-order valence-electron chi connectivity index (χ1n) is 11.5. The van der Waals surface area contributed by atoms with Gasteiger partial charge >= 0.3 is 0 Å². The van der Waals surface area contributed by atoms with Crippen LogP contribution in [0.25, 0.3) is 31.3 Å². The minimum atomic E-state index is -0.400. The second kappa shape index (κ2) is 7.24. The lowest BCUT2D eigenvalue weighted by Gasteiger charge is -2.39. The molecule has 0 saturated heterocycles. The maximum Gasteiger partial charge on any atom is 0.0736 e. The molecule has 1 aliphatic heterocycles. The van der Waals surface area contributed by atoms with Crippen LogP contribution < -0.4 is 0 Å². The lowest BCUT2D eigenvalue weighted by molar-refractivity contribution is 0.724. The second-order valence-corrected chi connectivity index (χ2v) is 12.7. The molecule has 1 aromatic heterocycles. The average molecular weight is 568 g/mol. The molecule has 6 aromatic rings. The van der Waals surface area contributed by atoms with Crippen LogP contribution in [0.1, 0.15) is 22.3 Å². The number of hydrogen-bond acceptors (Lipinski definition) is 2. The summed E-state index contributed by atoms with van der Waals surface area (Å²) in [5.74, 6) is 0. The minimum Gasteiger partial charge on any atom is -0.135 e. The predicted molar refractivity (Wildman–Crippen MR) is 153 cm³/mol. The van der Waals surface area contributed by atoms with Gasteiger partial charge in [0.2, 0.25) is 0 Å². The van der Waals surface area contributed by atoms with Gasteiger partial charge in [-0.3, -0.25) is 0 Å². The summed E-state index contributed by atoms with van der Waals surface area (Å²) >= 11 is 14.1. The molecule has 0 radical (unpaired) electrons. The van der Waals surface area contributed by atoms with E-state index in [9.17, 15) is 0 Å². The van der Waals surface area contributed by atoms with Gasteiger partial charge < -0.3 is 0 Å². The highest BCUT2D eigenvalue weighted by molar-refractivity contribution is 9.10. The first kappa shape index (κ1) is 20.6. The third kappa shape index (κ3) is 2.65. The maximum absolute atomic E-state index is 6.68. The molecule has 8 rings (SSSR count). The molecule has 166 valence electrons. The van der Waals surface area contributed by atoms with Crippen LogP contribution in [0, 0.1) is 0 Å². The molecule has 0 fully saturated rings. The van der Waals surface area contributed by atoms with Crippen molar-refractivity contribution in [3.63, 3.8) is 0 Å². The molecule has 0 amide bonds. The number of benzene rings is 5. The van der Waals surface area contributed by atoms with Gasteiger partial charge in [-0.05, 0) is 81.9 Å². The molecule has 2 heterocycles. The monoisotopic (exact) mass is 566 g/mol. The zero-order chi connectivity index (χ0) is 23.3. The highest BCUT2D eigenvalue weighted by Crippen LogP contribution is 2.63. The summed E-state index contributed by atoms with van der Waals surface area (Å²) in [6.45, 7) is 0. The van der Waals surface area contributed by atoms with Gasteiger partial charge in [0.05, 0.1) is 5.41 Å². The van der Waals surface area contributed by atoms with E-state index >= 15 is 0 Å². The van der Waals surface area contributed by atoms with E-state index in [4.69, 9.17) is 11.6 Å². The van der Waals surface area contributed by atoms with E-state index in [1.165, 1.54) is 63.3 Å². The van der Waals surface area contributed by atoms with Gasteiger partial charge in [-0.15, -0.1) is 11.3 Å². The Morgan fingerprint density at radius 2 is 1.29 bits per heavy atom. The van der Waals surface area contributed by atoms with Crippen molar-refractivity contribution in [1.82, 2.24) is 0 Å². The van der Waals surface area contributed by atoms with Crippen LogP contribution in [0.3, 0.4) is 0 Å². The number of halogens is 2. The van der Waals surface area contributed by atoms with Crippen molar-refractivity contribution < 1.29 is 0 Å². The largest absolute Gasteiger partial charge is 0.135 e. The highest BCUT2D eigenvalue weighted by Gasteiger charge is 2.50. The van der Waals surface area contributed by atoms with Crippen molar-refractivity contribution >= 4 is 70.8 Å². The van der Waals surface area contributed by atoms with Gasteiger partial charge in [0.25, 0.3) is 0 Å². The molecule has 0 bridgehead atoms. The van der Waals surface area contributed by atoms with Gasteiger partial charge in [-0.2, -0.15) is 0 Å². The van der Waals surface area contributed by atoms with E-state index in [0.29, 0.717) is 0 Å². The molecule has 2 aliphatic rings. The van der Waals surface area contributed by atoms with E-state index in [1.54, 1.807) is 0 Å². The Morgan fingerprint density at radius 3 is 2.06 bits per heavy atom. The maximum atomic E-state index is 6.68. The van der Waals surface area contributed by atoms with Gasteiger partial charge in [0, 0.05) is 39.5 Å². The molecule has 35 heavy (non-hydrogen) atoms. The Bertz CT molecular complexity index is 1820. The Morgan fingerprint density at radius 1 is 0.600 bits per heavy atom. The summed E-state index contributed by atoms with van der Waals surface area (Å²) in [5.41, 5.74) is 7.52. The summed E-state index contributed by atoms with van der Waals surface area (Å²) in [7, 11) is 0. The minimum absolute atomic E-state index is 0.400. The number of hydrogen-bond donors (Lipinski definition) is 0. The molecule has 0 N–H and O–H groups in total. The van der Waals surface area contributed by atoms with Gasteiger partial charge in [-0.1, -0.05) is 87.8 Å². The fourth-order valence-corrected chi connectivity index (χ4v) is 9.03. The van der Waals surface area contributed by atoms with Crippen LogP contribution >= 0.6 is 50.6 Å². The summed E-state index contributed by atoms with van der Waals surface area (Å²) in [6.07, 6.45) is 0. The van der Waals surface area contributed by atoms with E-state index in [2.05, 4.69) is 107 Å². The summed E-state index contributed by atoms with van der Waals surface area (Å²) in [4.78, 5) is 2.60. The van der Waals surface area contributed by atoms with Crippen LogP contribution in [0.2, 0.25) is 5.02 Å². The zero-order valence-electron chi connectivity index (χ0n) is 18.3. The van der Waals surface area contributed by atoms with Crippen molar-refractivity contribution in [3.8, 4) is 11.1 Å². The summed E-state index contributed by atoms with van der Waals surface area (Å²) < 4.78 is 3.76. The molecule has 1 aliphatic carbocycles. The normalized spacial score (nSPS) is 14.7. The van der Waals surface area contributed by atoms with E-state index in [-0.39, 0.29) is 0 Å². The van der Waals surface area contributed by atoms with Gasteiger partial charge in [-0.25, -0.2) is 0 Å². The lowest BCUT2D eigenvalue weighted by atomic mass is 9.67. The van der Waals surface area contributed by atoms with Crippen LogP contribution in [0.4, 0.5) is 0 Å². The Hall–Kier alpha value is -2.56. The van der Waals surface area contributed by atoms with Crippen LogP contribution in [0.5, 0.6) is 0 Å². The average Bonchev–Trinajstić information content (AvgIpc) is 3.37. The third-order valence-corrected chi connectivity index (χ3v) is 10.5. The number of rotatable bonds is 0. The van der Waals surface area contributed by atoms with Crippen LogP contribution in [-0.2, 0) is 5.41 Å². The molecule has 0 nitrogen and oxygen atoms in total. The van der Waals surface area contributed by atoms with Crippen molar-refractivity contribution in [2.45, 2.75) is 15.2 Å². The Labute approximate surface area is 224 Å². The molecular formula is C31H16BrClS2. The quantitative estimate of drug-likeness (QED) is 0.176.